The summed E-state index contributed by atoms with van der Waals surface area (Å²) in [4.78, 5) is 2.25. The Hall–Kier alpha value is -2.14. The summed E-state index contributed by atoms with van der Waals surface area (Å²) in [6.45, 7) is 9.06. The van der Waals surface area contributed by atoms with Gasteiger partial charge in [0.05, 0.1) is 5.69 Å². The Morgan fingerprint density at radius 3 is 2.25 bits per heavy atom. The Labute approximate surface area is 168 Å². The molecule has 28 heavy (non-hydrogen) atoms. The number of nitrogens with zero attached hydrogens (tertiary/aromatic N) is 3. The third-order valence-corrected chi connectivity index (χ3v) is 6.21. The molecule has 2 N–H and O–H groups in total. The summed E-state index contributed by atoms with van der Waals surface area (Å²) in [5, 5.41) is 23.1. The van der Waals surface area contributed by atoms with Crippen molar-refractivity contribution in [3.63, 3.8) is 0 Å². The second kappa shape index (κ2) is 6.73. The molecule has 1 aromatic carbocycles. The molecule has 5 nitrogen and oxygen atoms in total. The molecular weight excluding hydrogens is 348 g/mol. The minimum atomic E-state index is 0.0876. The highest BCUT2D eigenvalue weighted by atomic mass is 16.3. The van der Waals surface area contributed by atoms with Crippen LogP contribution in [0, 0.1) is 0 Å². The van der Waals surface area contributed by atoms with Crippen molar-refractivity contribution in [1.82, 2.24) is 15.5 Å². The summed E-state index contributed by atoms with van der Waals surface area (Å²) in [5.74, 6) is 1.18. The molecule has 1 aliphatic heterocycles. The lowest BCUT2D eigenvalue weighted by molar-refractivity contribution is 0.160. The number of rotatable bonds is 3. The predicted molar refractivity (Wildman–Crippen MR) is 114 cm³/mol. The van der Waals surface area contributed by atoms with Crippen LogP contribution in [0.5, 0.6) is 5.75 Å². The maximum atomic E-state index is 10.4. The normalized spacial score (nSPS) is 20.8. The van der Waals surface area contributed by atoms with E-state index in [0.717, 1.165) is 49.2 Å². The van der Waals surface area contributed by atoms with Crippen molar-refractivity contribution in [2.24, 2.45) is 0 Å². The van der Waals surface area contributed by atoms with Gasteiger partial charge >= 0.3 is 0 Å². The largest absolute Gasteiger partial charge is 0.507 e. The van der Waals surface area contributed by atoms with E-state index in [1.54, 1.807) is 0 Å². The number of nitrogens with one attached hydrogen (secondary N) is 1. The van der Waals surface area contributed by atoms with E-state index >= 15 is 0 Å². The summed E-state index contributed by atoms with van der Waals surface area (Å²) in [6.07, 6.45) is 5.42. The van der Waals surface area contributed by atoms with Crippen molar-refractivity contribution >= 4 is 5.82 Å². The molecule has 0 amide bonds. The smallest absolute Gasteiger partial charge is 0.151 e. The van der Waals surface area contributed by atoms with Gasteiger partial charge in [0.15, 0.2) is 5.82 Å². The van der Waals surface area contributed by atoms with Crippen LogP contribution in [-0.2, 0) is 12.8 Å². The number of hydrogen-bond donors (Lipinski definition) is 2. The van der Waals surface area contributed by atoms with Crippen LogP contribution in [0.15, 0.2) is 24.3 Å². The fourth-order valence-corrected chi connectivity index (χ4v) is 5.20. The molecule has 0 radical (unpaired) electrons. The quantitative estimate of drug-likeness (QED) is 0.840. The molecule has 1 aromatic heterocycles. The first-order valence-corrected chi connectivity index (χ1v) is 10.3. The number of fused-ring (bicyclic) bond motifs is 1. The van der Waals surface area contributed by atoms with Gasteiger partial charge in [0, 0.05) is 29.7 Å². The van der Waals surface area contributed by atoms with Crippen LogP contribution in [0.4, 0.5) is 5.82 Å². The monoisotopic (exact) mass is 380 g/mol. The highest BCUT2D eigenvalue weighted by Gasteiger charge is 2.39. The average molecular weight is 381 g/mol. The number of aromatic nitrogens is 2. The van der Waals surface area contributed by atoms with E-state index in [4.69, 9.17) is 0 Å². The number of benzene rings is 1. The zero-order valence-corrected chi connectivity index (χ0v) is 17.7. The van der Waals surface area contributed by atoms with Crippen LogP contribution in [-0.4, -0.2) is 39.5 Å². The minimum absolute atomic E-state index is 0.0876. The van der Waals surface area contributed by atoms with Crippen molar-refractivity contribution in [2.45, 2.75) is 76.9 Å². The first-order valence-electron chi connectivity index (χ1n) is 10.3. The van der Waals surface area contributed by atoms with Crippen LogP contribution in [0.25, 0.3) is 11.3 Å². The Balaban J connectivity index is 1.57. The van der Waals surface area contributed by atoms with Gasteiger partial charge in [-0.3, -0.25) is 0 Å². The molecule has 1 saturated heterocycles. The van der Waals surface area contributed by atoms with Crippen molar-refractivity contribution < 1.29 is 5.11 Å². The van der Waals surface area contributed by atoms with Gasteiger partial charge in [0.25, 0.3) is 0 Å². The Morgan fingerprint density at radius 2 is 1.64 bits per heavy atom. The van der Waals surface area contributed by atoms with Gasteiger partial charge in [-0.2, -0.15) is 0 Å². The summed E-state index contributed by atoms with van der Waals surface area (Å²) >= 11 is 0. The molecule has 1 aliphatic carbocycles. The maximum absolute atomic E-state index is 10.4. The lowest BCUT2D eigenvalue weighted by Crippen LogP contribution is -2.62. The van der Waals surface area contributed by atoms with Crippen molar-refractivity contribution in [1.29, 1.82) is 0 Å². The molecule has 5 heteroatoms. The van der Waals surface area contributed by atoms with Crippen LogP contribution < -0.4 is 10.2 Å². The third kappa shape index (κ3) is 3.72. The lowest BCUT2D eigenvalue weighted by atomic mass is 9.79. The standard InChI is InChI=1S/C23H32N4O/c1-22(2)13-17(14-23(3,4)26-22)27(5)21-10-9-19(24-25-21)18-11-15-7-6-8-16(15)12-20(18)28/h9-12,17,26,28H,6-8,13-14H2,1-5H3. The Kier molecular flexibility index (Phi) is 4.61. The molecule has 2 aromatic rings. The number of piperidine rings is 1. The molecule has 4 rings (SSSR count). The van der Waals surface area contributed by atoms with Gasteiger partial charge in [-0.25, -0.2) is 0 Å². The van der Waals surface area contributed by atoms with Gasteiger partial charge in [-0.1, -0.05) is 0 Å². The summed E-state index contributed by atoms with van der Waals surface area (Å²) in [5.41, 5.74) is 4.28. The molecule has 1 fully saturated rings. The highest BCUT2D eigenvalue weighted by molar-refractivity contribution is 5.69. The molecule has 2 heterocycles. The first kappa shape index (κ1) is 19.2. The van der Waals surface area contributed by atoms with Crippen LogP contribution in [0.3, 0.4) is 0 Å². The molecule has 0 bridgehead atoms. The summed E-state index contributed by atoms with van der Waals surface area (Å²) in [7, 11) is 2.11. The average Bonchev–Trinajstić information content (AvgIpc) is 3.05. The zero-order chi connectivity index (χ0) is 20.1. The molecular formula is C23H32N4O. The molecule has 0 saturated carbocycles. The SMILES string of the molecule is CN(c1ccc(-c2cc3c(cc2O)CCC3)nn1)C1CC(C)(C)NC(C)(C)C1. The Morgan fingerprint density at radius 1 is 1.00 bits per heavy atom. The third-order valence-electron chi connectivity index (χ3n) is 6.21. The van der Waals surface area contributed by atoms with Crippen molar-refractivity contribution in [3.8, 4) is 17.0 Å². The van der Waals surface area contributed by atoms with Gasteiger partial charge in [0.1, 0.15) is 5.75 Å². The van der Waals surface area contributed by atoms with Crippen LogP contribution in [0.2, 0.25) is 0 Å². The predicted octanol–water partition coefficient (Wildman–Crippen LogP) is 4.08. The number of phenolic OH excluding ortho intramolecular Hbond substituents is 1. The fraction of sp³-hybridized carbons (Fsp3) is 0.565. The van der Waals surface area contributed by atoms with E-state index in [0.29, 0.717) is 11.8 Å². The van der Waals surface area contributed by atoms with Gasteiger partial charge in [0.2, 0.25) is 0 Å². The number of phenols is 1. The van der Waals surface area contributed by atoms with E-state index < -0.39 is 0 Å². The molecule has 0 unspecified atom stereocenters. The Bertz CT molecular complexity index is 857. The fourth-order valence-electron chi connectivity index (χ4n) is 5.20. The zero-order valence-electron chi connectivity index (χ0n) is 17.7. The van der Waals surface area contributed by atoms with Gasteiger partial charge in [-0.05, 0) is 95.2 Å². The van der Waals surface area contributed by atoms with Crippen LogP contribution >= 0.6 is 0 Å². The van der Waals surface area contributed by atoms with Gasteiger partial charge < -0.3 is 15.3 Å². The van der Waals surface area contributed by atoms with E-state index in [1.807, 2.05) is 18.2 Å². The second-order valence-corrected chi connectivity index (χ2v) is 9.83. The summed E-state index contributed by atoms with van der Waals surface area (Å²) < 4.78 is 0. The number of anilines is 1. The van der Waals surface area contributed by atoms with E-state index in [1.165, 1.54) is 11.1 Å². The molecule has 150 valence electrons. The summed E-state index contributed by atoms with van der Waals surface area (Å²) in [6, 6.07) is 8.39. The van der Waals surface area contributed by atoms with Gasteiger partial charge in [-0.15, -0.1) is 10.2 Å². The molecule has 0 atom stereocenters. The first-order chi connectivity index (χ1) is 13.1. The van der Waals surface area contributed by atoms with Crippen molar-refractivity contribution in [2.75, 3.05) is 11.9 Å². The van der Waals surface area contributed by atoms with Crippen LogP contribution in [0.1, 0.15) is 58.1 Å². The molecule has 2 aliphatic rings. The topological polar surface area (TPSA) is 61.3 Å². The number of aryl methyl sites for hydroxylation is 2. The number of aromatic hydroxyl groups is 1. The minimum Gasteiger partial charge on any atom is -0.507 e. The second-order valence-electron chi connectivity index (χ2n) is 9.83. The molecule has 0 spiro atoms. The van der Waals surface area contributed by atoms with Crippen molar-refractivity contribution in [3.05, 3.63) is 35.4 Å². The van der Waals surface area contributed by atoms with E-state index in [-0.39, 0.29) is 11.1 Å². The van der Waals surface area contributed by atoms with E-state index in [2.05, 4.69) is 61.2 Å². The lowest BCUT2D eigenvalue weighted by Gasteiger charge is -2.49. The maximum Gasteiger partial charge on any atom is 0.151 e. The highest BCUT2D eigenvalue weighted by Crippen LogP contribution is 2.36. The van der Waals surface area contributed by atoms with E-state index in [9.17, 15) is 5.11 Å². The number of hydrogen-bond acceptors (Lipinski definition) is 5.